The molecule has 0 saturated carbocycles. The third-order valence-corrected chi connectivity index (χ3v) is 3.65. The van der Waals surface area contributed by atoms with Gasteiger partial charge in [-0.3, -0.25) is 0 Å². The predicted octanol–water partition coefficient (Wildman–Crippen LogP) is 2.54. The Morgan fingerprint density at radius 1 is 1.21 bits per heavy atom. The molecule has 4 heteroatoms. The van der Waals surface area contributed by atoms with Crippen LogP contribution in [0.1, 0.15) is 11.5 Å². The fraction of sp³-hybridized carbons (Fsp3) is 0.333. The van der Waals surface area contributed by atoms with E-state index in [0.717, 1.165) is 18.0 Å². The number of hydrogen-bond donors (Lipinski definition) is 1. The zero-order chi connectivity index (χ0) is 13.2. The summed E-state index contributed by atoms with van der Waals surface area (Å²) in [5.41, 5.74) is 2.54. The Labute approximate surface area is 113 Å². The number of ether oxygens (including phenoxy) is 2. The molecule has 2 unspecified atom stereocenters. The lowest BCUT2D eigenvalue weighted by Crippen LogP contribution is -2.20. The van der Waals surface area contributed by atoms with Crippen LogP contribution in [-0.2, 0) is 0 Å². The van der Waals surface area contributed by atoms with Crippen molar-refractivity contribution in [3.05, 3.63) is 53.0 Å². The molecule has 0 aliphatic carbocycles. The summed E-state index contributed by atoms with van der Waals surface area (Å²) >= 11 is 0. The van der Waals surface area contributed by atoms with Crippen LogP contribution in [0.4, 0.5) is 0 Å². The van der Waals surface area contributed by atoms with E-state index in [1.807, 2.05) is 24.4 Å². The number of benzene rings is 1. The molecule has 100 valence electrons. The number of rotatable bonds is 3. The predicted molar refractivity (Wildman–Crippen MR) is 74.7 cm³/mol. The second kappa shape index (κ2) is 4.97. The topological polar surface area (TPSA) is 44.6 Å². The molecule has 2 aliphatic heterocycles. The number of nitrogens with one attached hydrogen (secondary N) is 1. The second-order valence-corrected chi connectivity index (χ2v) is 4.64. The highest BCUT2D eigenvalue weighted by molar-refractivity contribution is 5.49. The molecule has 2 aliphatic rings. The highest BCUT2D eigenvalue weighted by atomic mass is 16.5. The fourth-order valence-corrected chi connectivity index (χ4v) is 2.67. The first-order chi connectivity index (χ1) is 9.33. The van der Waals surface area contributed by atoms with Gasteiger partial charge in [-0.25, -0.2) is 0 Å². The van der Waals surface area contributed by atoms with Crippen molar-refractivity contribution in [3.63, 3.8) is 0 Å². The minimum absolute atomic E-state index is 0.128. The summed E-state index contributed by atoms with van der Waals surface area (Å²) in [6, 6.07) is 6.10. The standard InChI is InChI=1S/C15H17N2O2/c1-18-13-6-5-10(8-14(13)19-2)12-9-17-15-11(12)4-3-7-16-15/h3-8,12,15,17H,9H2,1-2H3/q-1. The molecule has 0 bridgehead atoms. The molecule has 0 amide bonds. The average Bonchev–Trinajstić information content (AvgIpc) is 2.90. The van der Waals surface area contributed by atoms with Crippen molar-refractivity contribution in [3.8, 4) is 11.5 Å². The quantitative estimate of drug-likeness (QED) is 0.905. The molecule has 4 nitrogen and oxygen atoms in total. The van der Waals surface area contributed by atoms with Crippen LogP contribution in [-0.4, -0.2) is 26.9 Å². The van der Waals surface area contributed by atoms with E-state index in [0.29, 0.717) is 5.92 Å². The summed E-state index contributed by atoms with van der Waals surface area (Å²) in [6.45, 7) is 0.900. The van der Waals surface area contributed by atoms with Crippen LogP contribution in [0.15, 0.2) is 42.1 Å². The molecule has 2 atom stereocenters. The molecule has 1 saturated heterocycles. The van der Waals surface area contributed by atoms with Crippen molar-refractivity contribution >= 4 is 0 Å². The van der Waals surface area contributed by atoms with Crippen LogP contribution in [0.2, 0.25) is 0 Å². The largest absolute Gasteiger partial charge is 0.673 e. The second-order valence-electron chi connectivity index (χ2n) is 4.64. The Bertz CT molecular complexity index is 537. The van der Waals surface area contributed by atoms with Crippen molar-refractivity contribution in [2.75, 3.05) is 20.8 Å². The lowest BCUT2D eigenvalue weighted by Gasteiger charge is -2.30. The van der Waals surface area contributed by atoms with E-state index >= 15 is 0 Å². The summed E-state index contributed by atoms with van der Waals surface area (Å²) in [6.07, 6.45) is 6.12. The summed E-state index contributed by atoms with van der Waals surface area (Å²) in [4.78, 5) is 0. The molecular weight excluding hydrogens is 240 g/mol. The fourth-order valence-electron chi connectivity index (χ4n) is 2.67. The van der Waals surface area contributed by atoms with Crippen molar-refractivity contribution in [1.29, 1.82) is 0 Å². The van der Waals surface area contributed by atoms with Gasteiger partial charge < -0.3 is 20.1 Å². The lowest BCUT2D eigenvalue weighted by atomic mass is 9.91. The molecule has 2 heterocycles. The van der Waals surface area contributed by atoms with Crippen LogP contribution >= 0.6 is 0 Å². The van der Waals surface area contributed by atoms with Gasteiger partial charge in [0, 0.05) is 12.5 Å². The summed E-state index contributed by atoms with van der Waals surface area (Å²) in [7, 11) is 3.31. The number of allylic oxidation sites excluding steroid dienone is 2. The molecule has 0 spiro atoms. The normalized spacial score (nSPS) is 24.4. The molecule has 1 fully saturated rings. The average molecular weight is 257 g/mol. The first kappa shape index (κ1) is 12.1. The highest BCUT2D eigenvalue weighted by Crippen LogP contribution is 2.38. The van der Waals surface area contributed by atoms with E-state index in [9.17, 15) is 0 Å². The summed E-state index contributed by atoms with van der Waals surface area (Å²) in [5.74, 6) is 1.88. The Morgan fingerprint density at radius 2 is 2.05 bits per heavy atom. The number of methoxy groups -OCH3 is 2. The first-order valence-corrected chi connectivity index (χ1v) is 6.35. The van der Waals surface area contributed by atoms with Gasteiger partial charge in [0.25, 0.3) is 0 Å². The molecule has 1 N–H and O–H groups in total. The monoisotopic (exact) mass is 257 g/mol. The maximum atomic E-state index is 5.37. The Morgan fingerprint density at radius 3 is 2.84 bits per heavy atom. The van der Waals surface area contributed by atoms with E-state index < -0.39 is 0 Å². The van der Waals surface area contributed by atoms with Crippen LogP contribution in [0.25, 0.3) is 5.32 Å². The van der Waals surface area contributed by atoms with Gasteiger partial charge in [0.2, 0.25) is 0 Å². The third kappa shape index (κ3) is 2.08. The third-order valence-electron chi connectivity index (χ3n) is 3.65. The van der Waals surface area contributed by atoms with Crippen LogP contribution in [0.5, 0.6) is 11.5 Å². The van der Waals surface area contributed by atoms with E-state index in [2.05, 4.69) is 22.8 Å². The highest BCUT2D eigenvalue weighted by Gasteiger charge is 2.26. The van der Waals surface area contributed by atoms with Gasteiger partial charge in [0.1, 0.15) is 0 Å². The van der Waals surface area contributed by atoms with Gasteiger partial charge >= 0.3 is 0 Å². The van der Waals surface area contributed by atoms with E-state index in [1.165, 1.54) is 11.1 Å². The molecule has 3 rings (SSSR count). The van der Waals surface area contributed by atoms with Crippen LogP contribution in [0.3, 0.4) is 0 Å². The van der Waals surface area contributed by atoms with Crippen molar-refractivity contribution in [2.24, 2.45) is 0 Å². The Balaban J connectivity index is 1.94. The zero-order valence-electron chi connectivity index (χ0n) is 11.1. The van der Waals surface area contributed by atoms with Crippen molar-refractivity contribution < 1.29 is 9.47 Å². The minimum Gasteiger partial charge on any atom is -0.673 e. The van der Waals surface area contributed by atoms with Gasteiger partial charge in [0.15, 0.2) is 11.5 Å². The smallest absolute Gasteiger partial charge is 0.161 e. The molecule has 0 radical (unpaired) electrons. The van der Waals surface area contributed by atoms with E-state index in [-0.39, 0.29) is 6.17 Å². The number of nitrogens with zero attached hydrogens (tertiary/aromatic N) is 1. The van der Waals surface area contributed by atoms with Crippen molar-refractivity contribution in [1.82, 2.24) is 5.32 Å². The Kier molecular flexibility index (Phi) is 3.17. The van der Waals surface area contributed by atoms with Gasteiger partial charge in [-0.1, -0.05) is 23.8 Å². The maximum absolute atomic E-state index is 5.37. The number of fused-ring (bicyclic) bond motifs is 1. The first-order valence-electron chi connectivity index (χ1n) is 6.35. The molecule has 1 aromatic carbocycles. The molecular formula is C15H17N2O2-. The van der Waals surface area contributed by atoms with Gasteiger partial charge in [0.05, 0.1) is 14.2 Å². The lowest BCUT2D eigenvalue weighted by molar-refractivity contribution is 0.354. The van der Waals surface area contributed by atoms with Crippen LogP contribution in [0, 0.1) is 0 Å². The van der Waals surface area contributed by atoms with Gasteiger partial charge in [-0.15, -0.1) is 0 Å². The summed E-state index contributed by atoms with van der Waals surface area (Å²) in [5, 5.41) is 7.84. The Hall–Kier alpha value is -1.94. The van der Waals surface area contributed by atoms with Crippen LogP contribution < -0.4 is 14.8 Å². The van der Waals surface area contributed by atoms with Gasteiger partial charge in [-0.05, 0) is 23.9 Å². The van der Waals surface area contributed by atoms with Gasteiger partial charge in [-0.2, -0.15) is 6.20 Å². The van der Waals surface area contributed by atoms with E-state index in [1.54, 1.807) is 14.2 Å². The van der Waals surface area contributed by atoms with Crippen molar-refractivity contribution in [2.45, 2.75) is 12.1 Å². The molecule has 19 heavy (non-hydrogen) atoms. The molecule has 0 aromatic heterocycles. The SMILES string of the molecule is COc1ccc(C2CNC3[N-]C=CC=C32)cc1OC. The maximum Gasteiger partial charge on any atom is 0.161 e. The minimum atomic E-state index is 0.128. The zero-order valence-corrected chi connectivity index (χ0v) is 11.1. The molecule has 1 aromatic rings. The summed E-state index contributed by atoms with van der Waals surface area (Å²) < 4.78 is 10.6. The van der Waals surface area contributed by atoms with E-state index in [4.69, 9.17) is 9.47 Å². The number of hydrogen-bond acceptors (Lipinski definition) is 3.